The van der Waals surface area contributed by atoms with Gasteiger partial charge in [-0.15, -0.1) is 0 Å². The predicted octanol–water partition coefficient (Wildman–Crippen LogP) is 2.07. The molecule has 0 atom stereocenters. The fraction of sp³-hybridized carbons (Fsp3) is 0.200. The largest absolute Gasteiger partial charge is 0.377 e. The minimum Gasteiger partial charge on any atom is -0.377 e. The lowest BCUT2D eigenvalue weighted by Crippen LogP contribution is -2.06. The molecule has 0 aliphatic heterocycles. The van der Waals surface area contributed by atoms with E-state index in [9.17, 15) is 4.79 Å². The predicted molar refractivity (Wildman–Crippen MR) is 48.9 cm³/mol. The molecule has 0 aromatic heterocycles. The number of rotatable bonds is 3. The van der Waals surface area contributed by atoms with Crippen LogP contribution in [0.15, 0.2) is 24.3 Å². The standard InChI is InChI=1S/C10H9NO2/c1-11-9-5-3-8(4-6-9)10(12)7-13-2/h3-6H,7H2,2H3. The number of carbonyl (C=O) groups is 1. The van der Waals surface area contributed by atoms with Crippen molar-refractivity contribution in [2.75, 3.05) is 13.7 Å². The van der Waals surface area contributed by atoms with Crippen LogP contribution in [-0.4, -0.2) is 19.5 Å². The molecule has 0 saturated carbocycles. The van der Waals surface area contributed by atoms with Crippen molar-refractivity contribution < 1.29 is 9.53 Å². The number of hydrogen-bond donors (Lipinski definition) is 0. The number of hydrogen-bond acceptors (Lipinski definition) is 2. The van der Waals surface area contributed by atoms with E-state index in [1.165, 1.54) is 7.11 Å². The zero-order valence-electron chi connectivity index (χ0n) is 7.28. The van der Waals surface area contributed by atoms with Crippen LogP contribution < -0.4 is 0 Å². The highest BCUT2D eigenvalue weighted by Gasteiger charge is 2.03. The summed E-state index contributed by atoms with van der Waals surface area (Å²) in [5, 5.41) is 0. The van der Waals surface area contributed by atoms with E-state index in [1.807, 2.05) is 0 Å². The van der Waals surface area contributed by atoms with Gasteiger partial charge < -0.3 is 4.74 Å². The van der Waals surface area contributed by atoms with Gasteiger partial charge >= 0.3 is 0 Å². The summed E-state index contributed by atoms with van der Waals surface area (Å²) < 4.78 is 4.70. The summed E-state index contributed by atoms with van der Waals surface area (Å²) in [5.74, 6) is -0.0703. The Morgan fingerprint density at radius 1 is 1.46 bits per heavy atom. The Bertz CT molecular complexity index is 335. The zero-order valence-corrected chi connectivity index (χ0v) is 7.28. The minimum absolute atomic E-state index is 0.0703. The second-order valence-electron chi connectivity index (χ2n) is 2.51. The lowest BCUT2D eigenvalue weighted by atomic mass is 10.1. The van der Waals surface area contributed by atoms with Gasteiger partial charge in [0.15, 0.2) is 11.5 Å². The monoisotopic (exact) mass is 175 g/mol. The van der Waals surface area contributed by atoms with Crippen molar-refractivity contribution >= 4 is 11.5 Å². The smallest absolute Gasteiger partial charge is 0.188 e. The summed E-state index contributed by atoms with van der Waals surface area (Å²) in [5.41, 5.74) is 1.11. The number of nitrogens with zero attached hydrogens (tertiary/aromatic N) is 1. The first-order valence-electron chi connectivity index (χ1n) is 3.77. The number of ketones is 1. The van der Waals surface area contributed by atoms with Crippen LogP contribution in [0.3, 0.4) is 0 Å². The van der Waals surface area contributed by atoms with Crippen molar-refractivity contribution in [1.82, 2.24) is 0 Å². The molecule has 0 unspecified atom stereocenters. The highest BCUT2D eigenvalue weighted by atomic mass is 16.5. The molecule has 1 aromatic rings. The van der Waals surface area contributed by atoms with Crippen molar-refractivity contribution in [3.05, 3.63) is 41.2 Å². The molecule has 0 saturated heterocycles. The molecular weight excluding hydrogens is 166 g/mol. The molecule has 1 rings (SSSR count). The Labute approximate surface area is 76.8 Å². The summed E-state index contributed by atoms with van der Waals surface area (Å²) in [6.45, 7) is 6.80. The Morgan fingerprint density at radius 2 is 2.08 bits per heavy atom. The third kappa shape index (κ3) is 2.39. The molecule has 3 heteroatoms. The highest BCUT2D eigenvalue weighted by Crippen LogP contribution is 2.12. The molecule has 0 amide bonds. The fourth-order valence-electron chi connectivity index (χ4n) is 0.936. The van der Waals surface area contributed by atoms with E-state index in [4.69, 9.17) is 11.3 Å². The summed E-state index contributed by atoms with van der Waals surface area (Å²) in [7, 11) is 1.48. The molecule has 66 valence electrons. The van der Waals surface area contributed by atoms with Gasteiger partial charge in [0.05, 0.1) is 6.57 Å². The lowest BCUT2D eigenvalue weighted by molar-refractivity contribution is 0.0848. The van der Waals surface area contributed by atoms with E-state index in [1.54, 1.807) is 24.3 Å². The quantitative estimate of drug-likeness (QED) is 0.520. The van der Waals surface area contributed by atoms with Gasteiger partial charge in [0.25, 0.3) is 0 Å². The normalized spacial score (nSPS) is 9.23. The van der Waals surface area contributed by atoms with Gasteiger partial charge in [-0.25, -0.2) is 4.85 Å². The topological polar surface area (TPSA) is 30.7 Å². The van der Waals surface area contributed by atoms with Crippen LogP contribution in [0.1, 0.15) is 10.4 Å². The van der Waals surface area contributed by atoms with Gasteiger partial charge in [-0.1, -0.05) is 24.3 Å². The maximum atomic E-state index is 11.2. The molecule has 0 aliphatic carbocycles. The number of methoxy groups -OCH3 is 1. The Kier molecular flexibility index (Phi) is 3.18. The lowest BCUT2D eigenvalue weighted by Gasteiger charge is -1.98. The van der Waals surface area contributed by atoms with E-state index in [2.05, 4.69) is 4.85 Å². The second-order valence-corrected chi connectivity index (χ2v) is 2.51. The number of benzene rings is 1. The third-order valence-corrected chi connectivity index (χ3v) is 1.59. The summed E-state index contributed by atoms with van der Waals surface area (Å²) in [6.07, 6.45) is 0. The van der Waals surface area contributed by atoms with Crippen molar-refractivity contribution in [3.8, 4) is 0 Å². The molecule has 1 aromatic carbocycles. The van der Waals surface area contributed by atoms with Crippen LogP contribution in [0.5, 0.6) is 0 Å². The van der Waals surface area contributed by atoms with Crippen LogP contribution in [-0.2, 0) is 4.74 Å². The molecule has 0 aliphatic rings. The molecule has 0 spiro atoms. The molecular formula is C10H9NO2. The minimum atomic E-state index is -0.0703. The van der Waals surface area contributed by atoms with Crippen LogP contribution >= 0.6 is 0 Å². The van der Waals surface area contributed by atoms with Crippen LogP contribution in [0, 0.1) is 6.57 Å². The first-order valence-corrected chi connectivity index (χ1v) is 3.77. The maximum Gasteiger partial charge on any atom is 0.188 e. The highest BCUT2D eigenvalue weighted by molar-refractivity contribution is 5.97. The number of carbonyl (C=O) groups excluding carboxylic acids is 1. The van der Waals surface area contributed by atoms with Gasteiger partial charge in [-0.05, 0) is 0 Å². The average Bonchev–Trinajstić information content (AvgIpc) is 2.18. The number of Topliss-reactive ketones (excluding diaryl/α,β-unsaturated/α-hetero) is 1. The molecule has 0 heterocycles. The van der Waals surface area contributed by atoms with Gasteiger partial charge in [0.2, 0.25) is 0 Å². The molecule has 0 N–H and O–H groups in total. The summed E-state index contributed by atoms with van der Waals surface area (Å²) >= 11 is 0. The van der Waals surface area contributed by atoms with Crippen molar-refractivity contribution in [1.29, 1.82) is 0 Å². The second kappa shape index (κ2) is 4.39. The number of ether oxygens (including phenoxy) is 1. The molecule has 3 nitrogen and oxygen atoms in total. The van der Waals surface area contributed by atoms with E-state index in [0.29, 0.717) is 11.3 Å². The Hall–Kier alpha value is -1.66. The Balaban J connectivity index is 2.81. The molecule has 0 fully saturated rings. The average molecular weight is 175 g/mol. The maximum absolute atomic E-state index is 11.2. The van der Waals surface area contributed by atoms with Crippen molar-refractivity contribution in [2.45, 2.75) is 0 Å². The van der Waals surface area contributed by atoms with E-state index in [0.717, 1.165) is 0 Å². The van der Waals surface area contributed by atoms with Crippen molar-refractivity contribution in [3.63, 3.8) is 0 Å². The van der Waals surface area contributed by atoms with E-state index >= 15 is 0 Å². The Morgan fingerprint density at radius 3 is 2.54 bits per heavy atom. The van der Waals surface area contributed by atoms with Crippen LogP contribution in [0.25, 0.3) is 4.85 Å². The molecule has 0 radical (unpaired) electrons. The van der Waals surface area contributed by atoms with Crippen LogP contribution in [0.2, 0.25) is 0 Å². The summed E-state index contributed by atoms with van der Waals surface area (Å²) in [6, 6.07) is 6.51. The first-order chi connectivity index (χ1) is 6.27. The molecule has 13 heavy (non-hydrogen) atoms. The zero-order chi connectivity index (χ0) is 9.68. The van der Waals surface area contributed by atoms with Crippen molar-refractivity contribution in [2.24, 2.45) is 0 Å². The summed E-state index contributed by atoms with van der Waals surface area (Å²) in [4.78, 5) is 14.5. The van der Waals surface area contributed by atoms with Gasteiger partial charge in [-0.2, -0.15) is 0 Å². The van der Waals surface area contributed by atoms with Gasteiger partial charge in [0.1, 0.15) is 6.61 Å². The van der Waals surface area contributed by atoms with Crippen LogP contribution in [0.4, 0.5) is 5.69 Å². The van der Waals surface area contributed by atoms with Gasteiger partial charge in [-0.3, -0.25) is 4.79 Å². The van der Waals surface area contributed by atoms with Gasteiger partial charge in [0, 0.05) is 12.7 Å². The molecule has 0 bridgehead atoms. The fourth-order valence-corrected chi connectivity index (χ4v) is 0.936. The SMILES string of the molecule is [C-]#[N+]c1ccc(C(=O)COC)cc1. The van der Waals surface area contributed by atoms with E-state index < -0.39 is 0 Å². The first kappa shape index (κ1) is 9.43. The third-order valence-electron chi connectivity index (χ3n) is 1.59. The van der Waals surface area contributed by atoms with E-state index in [-0.39, 0.29) is 12.4 Å².